The Kier molecular flexibility index (Phi) is 4.55. The molecule has 3 N–H and O–H groups in total. The molecule has 2 aliphatic rings. The van der Waals surface area contributed by atoms with E-state index in [1.165, 1.54) is 5.57 Å². The van der Waals surface area contributed by atoms with E-state index in [9.17, 15) is 0 Å². The molecule has 1 fully saturated rings. The summed E-state index contributed by atoms with van der Waals surface area (Å²) < 4.78 is 5.92. The Labute approximate surface area is 150 Å². The summed E-state index contributed by atoms with van der Waals surface area (Å²) in [6.45, 7) is 2.34. The monoisotopic (exact) mass is 363 g/mol. The molecule has 126 valence electrons. The number of benzene rings is 1. The number of hydrogen-bond donors (Lipinski definition) is 3. The molecule has 4 rings (SSSR count). The molecule has 2 unspecified atom stereocenters. The largest absolute Gasteiger partial charge is 0.492 e. The molecule has 0 spiro atoms. The standard InChI is InChI=1S/C18H19Cl2N3O/c19-13-5-6-15(16-14(20)10-22-17(13)16)24-8-7-21-18-12-4-2-1-3-11(12)9-23-18/h1-2,4-6,10-11,18,21-23H,3,7-9H2. The number of fused-ring (bicyclic) bond motifs is 2. The van der Waals surface area contributed by atoms with E-state index in [4.69, 9.17) is 27.9 Å². The van der Waals surface area contributed by atoms with Gasteiger partial charge < -0.3 is 9.72 Å². The summed E-state index contributed by atoms with van der Waals surface area (Å²) in [6.07, 6.45) is 9.69. The van der Waals surface area contributed by atoms with E-state index < -0.39 is 0 Å². The van der Waals surface area contributed by atoms with Crippen molar-refractivity contribution >= 4 is 34.1 Å². The molecular weight excluding hydrogens is 345 g/mol. The predicted molar refractivity (Wildman–Crippen MR) is 98.9 cm³/mol. The van der Waals surface area contributed by atoms with Gasteiger partial charge in [-0.2, -0.15) is 0 Å². The molecule has 1 aromatic heterocycles. The predicted octanol–water partition coefficient (Wildman–Crippen LogP) is 3.87. The van der Waals surface area contributed by atoms with Crippen LogP contribution in [0.25, 0.3) is 10.9 Å². The SMILES string of the molecule is Clc1ccc(OCCNC2NCC3CC=CC=C32)c2c(Cl)c[nH]c12. The highest BCUT2D eigenvalue weighted by atomic mass is 35.5. The highest BCUT2D eigenvalue weighted by Gasteiger charge is 2.29. The first-order valence-corrected chi connectivity index (χ1v) is 8.91. The van der Waals surface area contributed by atoms with Gasteiger partial charge in [0.2, 0.25) is 0 Å². The van der Waals surface area contributed by atoms with Crippen LogP contribution in [0.3, 0.4) is 0 Å². The summed E-state index contributed by atoms with van der Waals surface area (Å²) >= 11 is 12.4. The zero-order chi connectivity index (χ0) is 16.5. The lowest BCUT2D eigenvalue weighted by molar-refractivity contribution is 0.309. The van der Waals surface area contributed by atoms with Crippen LogP contribution in [0.5, 0.6) is 5.75 Å². The quantitative estimate of drug-likeness (QED) is 0.706. The van der Waals surface area contributed by atoms with Crippen molar-refractivity contribution in [2.75, 3.05) is 19.7 Å². The number of allylic oxidation sites excluding steroid dienone is 3. The number of halogens is 2. The first-order chi connectivity index (χ1) is 11.7. The van der Waals surface area contributed by atoms with Crippen LogP contribution in [0.4, 0.5) is 0 Å². The number of ether oxygens (including phenoxy) is 1. The molecule has 2 aromatic rings. The highest BCUT2D eigenvalue weighted by Crippen LogP contribution is 2.36. The van der Waals surface area contributed by atoms with Gasteiger partial charge in [-0.25, -0.2) is 0 Å². The molecule has 0 bridgehead atoms. The van der Waals surface area contributed by atoms with Crippen LogP contribution >= 0.6 is 23.2 Å². The fourth-order valence-electron chi connectivity index (χ4n) is 3.42. The summed E-state index contributed by atoms with van der Waals surface area (Å²) in [7, 11) is 0. The van der Waals surface area contributed by atoms with Crippen LogP contribution in [0.15, 0.2) is 42.1 Å². The summed E-state index contributed by atoms with van der Waals surface area (Å²) in [4.78, 5) is 3.08. The molecule has 2 atom stereocenters. The second kappa shape index (κ2) is 6.81. The lowest BCUT2D eigenvalue weighted by atomic mass is 9.93. The highest BCUT2D eigenvalue weighted by molar-refractivity contribution is 6.40. The van der Waals surface area contributed by atoms with Gasteiger partial charge in [-0.1, -0.05) is 41.4 Å². The van der Waals surface area contributed by atoms with Crippen LogP contribution in [-0.2, 0) is 0 Å². The molecule has 6 heteroatoms. The molecule has 1 aliphatic carbocycles. The van der Waals surface area contributed by atoms with E-state index in [0.717, 1.165) is 36.2 Å². The average molecular weight is 364 g/mol. The molecule has 24 heavy (non-hydrogen) atoms. The van der Waals surface area contributed by atoms with Gasteiger partial charge >= 0.3 is 0 Å². The van der Waals surface area contributed by atoms with Crippen molar-refractivity contribution in [1.29, 1.82) is 0 Å². The molecule has 4 nitrogen and oxygen atoms in total. The van der Waals surface area contributed by atoms with Gasteiger partial charge in [0.25, 0.3) is 0 Å². The molecule has 1 aromatic carbocycles. The van der Waals surface area contributed by atoms with Crippen molar-refractivity contribution in [2.24, 2.45) is 5.92 Å². The molecule has 0 saturated carbocycles. The number of aromatic nitrogens is 1. The van der Waals surface area contributed by atoms with E-state index in [1.807, 2.05) is 12.1 Å². The summed E-state index contributed by atoms with van der Waals surface area (Å²) in [6, 6.07) is 3.68. The van der Waals surface area contributed by atoms with Gasteiger partial charge in [0.15, 0.2) is 0 Å². The van der Waals surface area contributed by atoms with Crippen LogP contribution in [0.2, 0.25) is 10.0 Å². The topological polar surface area (TPSA) is 49.1 Å². The normalized spacial score (nSPS) is 22.7. The number of hydrogen-bond acceptors (Lipinski definition) is 3. The van der Waals surface area contributed by atoms with Gasteiger partial charge in [0.05, 0.1) is 27.1 Å². The Bertz CT molecular complexity index is 812. The Morgan fingerprint density at radius 1 is 1.25 bits per heavy atom. The molecule has 1 saturated heterocycles. The number of aromatic amines is 1. The van der Waals surface area contributed by atoms with Gasteiger partial charge in [-0.15, -0.1) is 0 Å². The van der Waals surface area contributed by atoms with Crippen molar-refractivity contribution in [1.82, 2.24) is 15.6 Å². The maximum Gasteiger partial charge on any atom is 0.130 e. The fraction of sp³-hybridized carbons (Fsp3) is 0.333. The van der Waals surface area contributed by atoms with Crippen LogP contribution in [0, 0.1) is 5.92 Å². The Hall–Kier alpha value is -1.46. The lowest BCUT2D eigenvalue weighted by Gasteiger charge is -2.18. The van der Waals surface area contributed by atoms with Gasteiger partial charge in [0.1, 0.15) is 12.4 Å². The number of nitrogens with one attached hydrogen (secondary N) is 3. The van der Waals surface area contributed by atoms with Gasteiger partial charge in [0, 0.05) is 19.3 Å². The van der Waals surface area contributed by atoms with Crippen molar-refractivity contribution in [3.8, 4) is 5.75 Å². The molecule has 2 heterocycles. The molecular formula is C18H19Cl2N3O. The van der Waals surface area contributed by atoms with E-state index in [-0.39, 0.29) is 6.17 Å². The maximum absolute atomic E-state index is 6.23. The first-order valence-electron chi connectivity index (χ1n) is 8.15. The van der Waals surface area contributed by atoms with E-state index in [0.29, 0.717) is 22.6 Å². The second-order valence-corrected chi connectivity index (χ2v) is 6.92. The Balaban J connectivity index is 1.37. The van der Waals surface area contributed by atoms with Crippen LogP contribution < -0.4 is 15.4 Å². The number of rotatable bonds is 5. The minimum atomic E-state index is 0.240. The van der Waals surface area contributed by atoms with E-state index >= 15 is 0 Å². The minimum absolute atomic E-state index is 0.240. The second-order valence-electron chi connectivity index (χ2n) is 6.10. The summed E-state index contributed by atoms with van der Waals surface area (Å²) in [5.41, 5.74) is 2.26. The molecule has 1 aliphatic heterocycles. The fourth-order valence-corrected chi connectivity index (χ4v) is 3.88. The third-order valence-electron chi connectivity index (χ3n) is 4.62. The third kappa shape index (κ3) is 2.95. The zero-order valence-electron chi connectivity index (χ0n) is 13.1. The number of H-pyrrole nitrogens is 1. The van der Waals surface area contributed by atoms with E-state index in [1.54, 1.807) is 6.20 Å². The smallest absolute Gasteiger partial charge is 0.130 e. The summed E-state index contributed by atoms with van der Waals surface area (Å²) in [5, 5.41) is 9.13. The van der Waals surface area contributed by atoms with Crippen molar-refractivity contribution < 1.29 is 4.74 Å². The molecule has 0 amide bonds. The third-order valence-corrected chi connectivity index (χ3v) is 5.24. The first kappa shape index (κ1) is 16.0. The summed E-state index contributed by atoms with van der Waals surface area (Å²) in [5.74, 6) is 1.38. The van der Waals surface area contributed by atoms with Crippen molar-refractivity contribution in [3.05, 3.63) is 52.2 Å². The van der Waals surface area contributed by atoms with Gasteiger partial charge in [-0.05, 0) is 30.0 Å². The van der Waals surface area contributed by atoms with Crippen LogP contribution in [0.1, 0.15) is 6.42 Å². The molecule has 0 radical (unpaired) electrons. The Morgan fingerprint density at radius 3 is 3.08 bits per heavy atom. The van der Waals surface area contributed by atoms with Crippen LogP contribution in [-0.4, -0.2) is 30.8 Å². The van der Waals surface area contributed by atoms with Gasteiger partial charge in [-0.3, -0.25) is 10.6 Å². The van der Waals surface area contributed by atoms with Crippen molar-refractivity contribution in [3.63, 3.8) is 0 Å². The minimum Gasteiger partial charge on any atom is -0.492 e. The average Bonchev–Trinajstić information content (AvgIpc) is 3.18. The van der Waals surface area contributed by atoms with Crippen molar-refractivity contribution in [2.45, 2.75) is 12.6 Å². The Morgan fingerprint density at radius 2 is 2.17 bits per heavy atom. The zero-order valence-corrected chi connectivity index (χ0v) is 14.6. The maximum atomic E-state index is 6.23. The lowest BCUT2D eigenvalue weighted by Crippen LogP contribution is -2.40. The van der Waals surface area contributed by atoms with E-state index in [2.05, 4.69) is 33.8 Å².